The third-order valence-corrected chi connectivity index (χ3v) is 7.83. The van der Waals surface area contributed by atoms with E-state index in [4.69, 9.17) is 40.4 Å². The molecule has 2 fully saturated rings. The lowest BCUT2D eigenvalue weighted by Gasteiger charge is -2.41. The van der Waals surface area contributed by atoms with Gasteiger partial charge in [0.05, 0.1) is 11.6 Å². The number of amidine groups is 1. The van der Waals surface area contributed by atoms with Crippen molar-refractivity contribution >= 4 is 58.1 Å². The van der Waals surface area contributed by atoms with Gasteiger partial charge in [0.15, 0.2) is 5.11 Å². The average Bonchev–Trinajstić information content (AvgIpc) is 3.06. The van der Waals surface area contributed by atoms with Gasteiger partial charge in [0.1, 0.15) is 11.4 Å². The number of aliphatic imine (C=N–C) groups is 1. The van der Waals surface area contributed by atoms with Crippen LogP contribution in [-0.2, 0) is 6.18 Å². The van der Waals surface area contributed by atoms with Gasteiger partial charge in [0.25, 0.3) is 0 Å². The predicted octanol–water partition coefficient (Wildman–Crippen LogP) is 8.94. The van der Waals surface area contributed by atoms with Crippen LogP contribution in [0.5, 0.6) is 0 Å². The zero-order chi connectivity index (χ0) is 27.0. The largest absolute Gasteiger partial charge is 0.416 e. The van der Waals surface area contributed by atoms with Gasteiger partial charge in [0.2, 0.25) is 0 Å². The highest BCUT2D eigenvalue weighted by atomic mass is 35.5. The molecular weight excluding hydrogens is 538 g/mol. The molecule has 2 aliphatic rings. The fourth-order valence-corrected chi connectivity index (χ4v) is 5.85. The highest BCUT2D eigenvalue weighted by Crippen LogP contribution is 2.43. The van der Waals surface area contributed by atoms with Crippen LogP contribution in [-0.4, -0.2) is 22.5 Å². The number of nitrogens with zero attached hydrogens (tertiary/aromatic N) is 2. The highest BCUT2D eigenvalue weighted by molar-refractivity contribution is 7.80. The third kappa shape index (κ3) is 5.99. The first-order chi connectivity index (χ1) is 17.3. The van der Waals surface area contributed by atoms with E-state index in [1.807, 2.05) is 23.1 Å². The van der Waals surface area contributed by atoms with E-state index in [0.717, 1.165) is 43.7 Å². The predicted molar refractivity (Wildman–Crippen MR) is 152 cm³/mol. The SMILES string of the molecule is CC(C)(C)[C@@H](/C=C/c1ccc(Cl)cc1Cl)N=C1NC(=S)N(c2cccc(C(F)(F)F)c2)C12CCCCC2. The lowest BCUT2D eigenvalue weighted by molar-refractivity contribution is -0.137. The van der Waals surface area contributed by atoms with Crippen LogP contribution in [0.4, 0.5) is 18.9 Å². The summed E-state index contributed by atoms with van der Waals surface area (Å²) < 4.78 is 40.6. The lowest BCUT2D eigenvalue weighted by Crippen LogP contribution is -2.52. The standard InChI is InChI=1S/C28H30Cl2F3N3S/c1-26(2,3)23(13-11-18-10-12-20(29)17-22(18)30)34-24-27(14-5-4-6-15-27)36(25(37)35-24)21-9-7-8-19(16-21)28(31,32)33/h7-13,16-17,23H,4-6,14-15H2,1-3H3,(H,34,35,37)/b13-11+/t23-/m1/s1. The fraction of sp³-hybridized carbons (Fsp3) is 0.429. The van der Waals surface area contributed by atoms with Gasteiger partial charge < -0.3 is 10.2 Å². The molecule has 0 unspecified atom stereocenters. The molecule has 1 atom stereocenters. The molecule has 4 rings (SSSR count). The van der Waals surface area contributed by atoms with Crippen molar-refractivity contribution in [3.8, 4) is 0 Å². The van der Waals surface area contributed by atoms with E-state index in [2.05, 4.69) is 26.1 Å². The van der Waals surface area contributed by atoms with Crippen molar-refractivity contribution in [1.29, 1.82) is 0 Å². The molecule has 37 heavy (non-hydrogen) atoms. The Balaban J connectivity index is 1.77. The molecule has 2 aromatic rings. The first-order valence-electron chi connectivity index (χ1n) is 12.3. The summed E-state index contributed by atoms with van der Waals surface area (Å²) in [5, 5.41) is 4.77. The van der Waals surface area contributed by atoms with E-state index in [0.29, 0.717) is 26.7 Å². The van der Waals surface area contributed by atoms with Crippen LogP contribution in [0.15, 0.2) is 53.5 Å². The first-order valence-corrected chi connectivity index (χ1v) is 13.5. The molecule has 0 amide bonds. The number of nitrogens with one attached hydrogen (secondary N) is 1. The summed E-state index contributed by atoms with van der Waals surface area (Å²) in [6, 6.07) is 10.5. The zero-order valence-corrected chi connectivity index (χ0v) is 23.3. The summed E-state index contributed by atoms with van der Waals surface area (Å²) in [6.45, 7) is 6.29. The molecule has 3 nitrogen and oxygen atoms in total. The smallest absolute Gasteiger partial charge is 0.319 e. The van der Waals surface area contributed by atoms with Gasteiger partial charge in [0, 0.05) is 15.7 Å². The van der Waals surface area contributed by atoms with E-state index in [1.165, 1.54) is 12.1 Å². The molecule has 1 aliphatic carbocycles. The number of benzene rings is 2. The molecular formula is C28H30Cl2F3N3S. The van der Waals surface area contributed by atoms with E-state index in [1.54, 1.807) is 18.2 Å². The van der Waals surface area contributed by atoms with Crippen molar-refractivity contribution in [1.82, 2.24) is 5.32 Å². The number of halogens is 5. The van der Waals surface area contributed by atoms with Crippen LogP contribution in [0.3, 0.4) is 0 Å². The number of rotatable bonds is 4. The molecule has 9 heteroatoms. The Morgan fingerprint density at radius 3 is 2.38 bits per heavy atom. The van der Waals surface area contributed by atoms with E-state index in [9.17, 15) is 13.2 Å². The van der Waals surface area contributed by atoms with E-state index < -0.39 is 17.3 Å². The summed E-state index contributed by atoms with van der Waals surface area (Å²) >= 11 is 18.1. The minimum absolute atomic E-state index is 0.245. The van der Waals surface area contributed by atoms with Gasteiger partial charge in [-0.05, 0) is 66.4 Å². The summed E-state index contributed by atoms with van der Waals surface area (Å²) in [5.41, 5.74) is -0.303. The maximum Gasteiger partial charge on any atom is 0.416 e. The van der Waals surface area contributed by atoms with Crippen molar-refractivity contribution in [3.05, 3.63) is 69.7 Å². The van der Waals surface area contributed by atoms with Crippen LogP contribution < -0.4 is 10.2 Å². The Morgan fingerprint density at radius 1 is 1.05 bits per heavy atom. The number of hydrogen-bond donors (Lipinski definition) is 1. The quantitative estimate of drug-likeness (QED) is 0.373. The molecule has 0 bridgehead atoms. The van der Waals surface area contributed by atoms with Gasteiger partial charge in [-0.3, -0.25) is 4.99 Å². The maximum atomic E-state index is 13.5. The topological polar surface area (TPSA) is 27.6 Å². The number of anilines is 1. The first kappa shape index (κ1) is 27.9. The van der Waals surface area contributed by atoms with Crippen molar-refractivity contribution in [3.63, 3.8) is 0 Å². The molecule has 1 aliphatic heterocycles. The summed E-state index contributed by atoms with van der Waals surface area (Å²) in [7, 11) is 0. The molecule has 1 saturated heterocycles. The van der Waals surface area contributed by atoms with Crippen molar-refractivity contribution in [2.24, 2.45) is 10.4 Å². The molecule has 2 aromatic carbocycles. The van der Waals surface area contributed by atoms with Crippen LogP contribution >= 0.6 is 35.4 Å². The molecule has 0 radical (unpaired) electrons. The van der Waals surface area contributed by atoms with Crippen molar-refractivity contribution < 1.29 is 13.2 Å². The van der Waals surface area contributed by atoms with Gasteiger partial charge in [-0.15, -0.1) is 0 Å². The molecule has 1 heterocycles. The second kappa shape index (κ2) is 10.6. The summed E-state index contributed by atoms with van der Waals surface area (Å²) in [6.07, 6.45) is 3.95. The summed E-state index contributed by atoms with van der Waals surface area (Å²) in [4.78, 5) is 7.04. The molecule has 0 aromatic heterocycles. The minimum atomic E-state index is -4.44. The van der Waals surface area contributed by atoms with E-state index in [-0.39, 0.29) is 11.5 Å². The normalized spacial score (nSPS) is 20.2. The number of thiocarbonyl (C=S) groups is 1. The van der Waals surface area contributed by atoms with Crippen molar-refractivity contribution in [2.75, 3.05) is 4.90 Å². The van der Waals surface area contributed by atoms with Gasteiger partial charge in [-0.25, -0.2) is 0 Å². The van der Waals surface area contributed by atoms with Crippen LogP contribution in [0.1, 0.15) is 64.0 Å². The lowest BCUT2D eigenvalue weighted by atomic mass is 9.79. The van der Waals surface area contributed by atoms with Crippen molar-refractivity contribution in [2.45, 2.75) is 70.6 Å². The number of alkyl halides is 3. The van der Waals surface area contributed by atoms with E-state index >= 15 is 0 Å². The minimum Gasteiger partial charge on any atom is -0.319 e. The third-order valence-electron chi connectivity index (χ3n) is 6.99. The zero-order valence-electron chi connectivity index (χ0n) is 21.0. The van der Waals surface area contributed by atoms with Crippen LogP contribution in [0.2, 0.25) is 10.0 Å². The Hall–Kier alpha value is -2.09. The Bertz CT molecular complexity index is 1230. The average molecular weight is 569 g/mol. The Kier molecular flexibility index (Phi) is 7.99. The van der Waals surface area contributed by atoms with Crippen LogP contribution in [0.25, 0.3) is 6.08 Å². The molecule has 1 N–H and O–H groups in total. The Labute approximate surface area is 231 Å². The molecule has 1 saturated carbocycles. The van der Waals surface area contributed by atoms with Crippen LogP contribution in [0, 0.1) is 5.41 Å². The summed E-state index contributed by atoms with van der Waals surface area (Å²) in [5.74, 6) is 0.710. The van der Waals surface area contributed by atoms with Gasteiger partial charge in [-0.1, -0.05) is 87.5 Å². The highest BCUT2D eigenvalue weighted by Gasteiger charge is 2.51. The second-order valence-electron chi connectivity index (χ2n) is 10.7. The fourth-order valence-electron chi connectivity index (χ4n) is 5.00. The molecule has 1 spiro atoms. The molecule has 198 valence electrons. The Morgan fingerprint density at radius 2 is 1.76 bits per heavy atom. The van der Waals surface area contributed by atoms with Gasteiger partial charge >= 0.3 is 6.18 Å². The number of hydrogen-bond acceptors (Lipinski definition) is 2. The van der Waals surface area contributed by atoms with Gasteiger partial charge in [-0.2, -0.15) is 13.2 Å². The monoisotopic (exact) mass is 567 g/mol. The maximum absolute atomic E-state index is 13.5. The second-order valence-corrected chi connectivity index (χ2v) is 11.9.